The molecule has 0 atom stereocenters. The highest BCUT2D eigenvalue weighted by molar-refractivity contribution is 5.98. The Morgan fingerprint density at radius 1 is 1.42 bits per heavy atom. The molecular formula is C13H19N5O. The lowest BCUT2D eigenvalue weighted by Gasteiger charge is -2.28. The number of rotatable bonds is 1. The van der Waals surface area contributed by atoms with Gasteiger partial charge in [-0.3, -0.25) is 4.79 Å². The van der Waals surface area contributed by atoms with Gasteiger partial charge in [0.25, 0.3) is 5.95 Å². The standard InChI is InChI=1S/C13H19N5O/c1-13(2)5-9-8(10(19)6-13)7-15-12(16-9)17-11(14)18(3)4/h7H,5-6H2,1-4H3,(H2,14,15,16,17). The van der Waals surface area contributed by atoms with E-state index in [4.69, 9.17) is 5.73 Å². The van der Waals surface area contributed by atoms with Gasteiger partial charge in [-0.15, -0.1) is 0 Å². The summed E-state index contributed by atoms with van der Waals surface area (Å²) in [7, 11) is 3.59. The summed E-state index contributed by atoms with van der Waals surface area (Å²) in [4.78, 5) is 26.2. The third kappa shape index (κ3) is 2.89. The van der Waals surface area contributed by atoms with Gasteiger partial charge in [-0.25, -0.2) is 9.97 Å². The second-order valence-electron chi connectivity index (χ2n) is 5.84. The van der Waals surface area contributed by atoms with E-state index in [1.165, 1.54) is 0 Å². The van der Waals surface area contributed by atoms with Crippen LogP contribution in [0.2, 0.25) is 0 Å². The molecule has 0 amide bonds. The Labute approximate surface area is 112 Å². The molecule has 0 unspecified atom stereocenters. The number of hydrogen-bond acceptors (Lipinski definition) is 4. The normalized spacial score (nSPS) is 18.1. The van der Waals surface area contributed by atoms with E-state index in [9.17, 15) is 4.79 Å². The summed E-state index contributed by atoms with van der Waals surface area (Å²) < 4.78 is 0. The fraction of sp³-hybridized carbons (Fsp3) is 0.538. The van der Waals surface area contributed by atoms with Crippen molar-refractivity contribution in [2.75, 3.05) is 14.1 Å². The highest BCUT2D eigenvalue weighted by Gasteiger charge is 2.32. The highest BCUT2D eigenvalue weighted by Crippen LogP contribution is 2.33. The Kier molecular flexibility index (Phi) is 3.26. The lowest BCUT2D eigenvalue weighted by molar-refractivity contribution is 0.0910. The fourth-order valence-electron chi connectivity index (χ4n) is 2.08. The summed E-state index contributed by atoms with van der Waals surface area (Å²) in [6.45, 7) is 4.13. The molecule has 6 nitrogen and oxygen atoms in total. The van der Waals surface area contributed by atoms with Crippen LogP contribution in [0, 0.1) is 5.41 Å². The van der Waals surface area contributed by atoms with Crippen LogP contribution in [0.25, 0.3) is 0 Å². The van der Waals surface area contributed by atoms with Crippen LogP contribution >= 0.6 is 0 Å². The van der Waals surface area contributed by atoms with E-state index in [-0.39, 0.29) is 11.2 Å². The van der Waals surface area contributed by atoms with Gasteiger partial charge in [-0.1, -0.05) is 13.8 Å². The Morgan fingerprint density at radius 2 is 2.11 bits per heavy atom. The zero-order valence-electron chi connectivity index (χ0n) is 11.8. The minimum absolute atomic E-state index is 0.0630. The Hall–Kier alpha value is -1.98. The zero-order chi connectivity index (χ0) is 14.2. The Morgan fingerprint density at radius 3 is 2.74 bits per heavy atom. The lowest BCUT2D eigenvalue weighted by atomic mass is 9.76. The third-order valence-electron chi connectivity index (χ3n) is 3.11. The molecule has 0 spiro atoms. The Bertz CT molecular complexity index is 548. The van der Waals surface area contributed by atoms with Crippen molar-refractivity contribution < 1.29 is 4.79 Å². The maximum atomic E-state index is 12.0. The molecule has 1 aromatic heterocycles. The van der Waals surface area contributed by atoms with Crippen molar-refractivity contribution >= 4 is 17.7 Å². The van der Waals surface area contributed by atoms with Crippen LogP contribution in [0.4, 0.5) is 5.95 Å². The second kappa shape index (κ2) is 4.60. The molecule has 2 N–H and O–H groups in total. The largest absolute Gasteiger partial charge is 0.369 e. The second-order valence-corrected chi connectivity index (χ2v) is 5.84. The van der Waals surface area contributed by atoms with Crippen molar-refractivity contribution in [1.82, 2.24) is 14.9 Å². The van der Waals surface area contributed by atoms with Gasteiger partial charge in [0, 0.05) is 26.7 Å². The molecule has 1 aromatic rings. The van der Waals surface area contributed by atoms with Crippen molar-refractivity contribution in [2.24, 2.45) is 16.1 Å². The monoisotopic (exact) mass is 261 g/mol. The smallest absolute Gasteiger partial charge is 0.252 e. The van der Waals surface area contributed by atoms with Crippen molar-refractivity contribution in [3.8, 4) is 0 Å². The summed E-state index contributed by atoms with van der Waals surface area (Å²) in [6.07, 6.45) is 2.84. The number of carbonyl (C=O) groups excluding carboxylic acids is 1. The number of nitrogens with two attached hydrogens (primary N) is 1. The quantitative estimate of drug-likeness (QED) is 0.605. The van der Waals surface area contributed by atoms with Crippen molar-refractivity contribution in [1.29, 1.82) is 0 Å². The molecule has 1 aliphatic rings. The molecule has 19 heavy (non-hydrogen) atoms. The first kappa shape index (κ1) is 13.5. The predicted molar refractivity (Wildman–Crippen MR) is 73.4 cm³/mol. The summed E-state index contributed by atoms with van der Waals surface area (Å²) in [5.41, 5.74) is 7.05. The van der Waals surface area contributed by atoms with Gasteiger partial charge < -0.3 is 10.6 Å². The van der Waals surface area contributed by atoms with E-state index in [2.05, 4.69) is 28.8 Å². The SMILES string of the molecule is CN(C)C(N)=Nc1ncc2c(n1)CC(C)(C)CC2=O. The third-order valence-corrected chi connectivity index (χ3v) is 3.11. The lowest BCUT2D eigenvalue weighted by Crippen LogP contribution is -2.30. The van der Waals surface area contributed by atoms with Crippen LogP contribution in [0.15, 0.2) is 11.2 Å². The number of ketones is 1. The number of hydrogen-bond donors (Lipinski definition) is 1. The van der Waals surface area contributed by atoms with E-state index in [1.807, 2.05) is 0 Å². The maximum Gasteiger partial charge on any atom is 0.252 e. The van der Waals surface area contributed by atoms with Gasteiger partial charge in [0.2, 0.25) is 0 Å². The first-order valence-electron chi connectivity index (χ1n) is 6.19. The molecule has 1 heterocycles. The minimum Gasteiger partial charge on any atom is -0.369 e. The van der Waals surface area contributed by atoms with Crippen molar-refractivity contribution in [3.63, 3.8) is 0 Å². The van der Waals surface area contributed by atoms with Crippen LogP contribution in [0.5, 0.6) is 0 Å². The molecule has 0 saturated heterocycles. The van der Waals surface area contributed by atoms with Crippen LogP contribution in [-0.4, -0.2) is 40.7 Å². The van der Waals surface area contributed by atoms with Crippen LogP contribution in [-0.2, 0) is 6.42 Å². The Balaban J connectivity index is 2.39. The molecule has 0 saturated carbocycles. The number of guanidine groups is 1. The fourth-order valence-corrected chi connectivity index (χ4v) is 2.08. The molecule has 0 radical (unpaired) electrons. The summed E-state index contributed by atoms with van der Waals surface area (Å²) >= 11 is 0. The number of fused-ring (bicyclic) bond motifs is 1. The molecule has 1 aliphatic carbocycles. The molecule has 0 aromatic carbocycles. The van der Waals surface area contributed by atoms with Gasteiger partial charge in [0.1, 0.15) is 0 Å². The minimum atomic E-state index is -0.0630. The highest BCUT2D eigenvalue weighted by atomic mass is 16.1. The summed E-state index contributed by atoms with van der Waals surface area (Å²) in [5, 5.41) is 0. The van der Waals surface area contributed by atoms with E-state index >= 15 is 0 Å². The summed E-state index contributed by atoms with van der Waals surface area (Å²) in [5.74, 6) is 0.735. The molecule has 0 fully saturated rings. The number of aromatic nitrogens is 2. The molecule has 6 heteroatoms. The van der Waals surface area contributed by atoms with Crippen LogP contribution in [0.3, 0.4) is 0 Å². The van der Waals surface area contributed by atoms with Crippen molar-refractivity contribution in [2.45, 2.75) is 26.7 Å². The van der Waals surface area contributed by atoms with E-state index < -0.39 is 0 Å². The van der Waals surface area contributed by atoms with Gasteiger partial charge in [0.15, 0.2) is 11.7 Å². The topological polar surface area (TPSA) is 84.5 Å². The van der Waals surface area contributed by atoms with Gasteiger partial charge in [-0.2, -0.15) is 4.99 Å². The first-order chi connectivity index (χ1) is 8.78. The van der Waals surface area contributed by atoms with E-state index in [1.54, 1.807) is 25.2 Å². The number of aliphatic imine (C=N–C) groups is 1. The number of nitrogens with zero attached hydrogens (tertiary/aromatic N) is 4. The van der Waals surface area contributed by atoms with E-state index in [0.29, 0.717) is 23.9 Å². The zero-order valence-corrected chi connectivity index (χ0v) is 11.8. The van der Waals surface area contributed by atoms with Gasteiger partial charge >= 0.3 is 0 Å². The number of Topliss-reactive ketones (excluding diaryl/α,β-unsaturated/α-hetero) is 1. The van der Waals surface area contributed by atoms with Crippen LogP contribution in [0.1, 0.15) is 36.3 Å². The first-order valence-corrected chi connectivity index (χ1v) is 6.19. The maximum absolute atomic E-state index is 12.0. The molecule has 0 aliphatic heterocycles. The summed E-state index contributed by atoms with van der Waals surface area (Å²) in [6, 6.07) is 0. The van der Waals surface area contributed by atoms with Crippen LogP contribution < -0.4 is 5.73 Å². The molecule has 2 rings (SSSR count). The number of carbonyl (C=O) groups is 1. The molecule has 102 valence electrons. The van der Waals surface area contributed by atoms with Gasteiger partial charge in [-0.05, 0) is 11.8 Å². The predicted octanol–water partition coefficient (Wildman–Crippen LogP) is 1.14. The molecule has 0 bridgehead atoms. The average molecular weight is 261 g/mol. The van der Waals surface area contributed by atoms with E-state index in [0.717, 1.165) is 12.1 Å². The average Bonchev–Trinajstić information content (AvgIpc) is 2.26. The van der Waals surface area contributed by atoms with Crippen molar-refractivity contribution in [3.05, 3.63) is 17.5 Å². The molecular weight excluding hydrogens is 242 g/mol. The van der Waals surface area contributed by atoms with Gasteiger partial charge in [0.05, 0.1) is 11.3 Å².